The van der Waals surface area contributed by atoms with E-state index in [4.69, 9.17) is 21.1 Å². The molecule has 1 fully saturated rings. The molecular formula is C16H24ClNO3. The number of hydrogen-bond donors (Lipinski definition) is 2. The second-order valence-corrected chi connectivity index (χ2v) is 5.94. The van der Waals surface area contributed by atoms with Gasteiger partial charge in [-0.2, -0.15) is 0 Å². The van der Waals surface area contributed by atoms with Crippen LogP contribution in [0.3, 0.4) is 0 Å². The van der Waals surface area contributed by atoms with Crippen molar-refractivity contribution >= 4 is 11.6 Å². The lowest BCUT2D eigenvalue weighted by molar-refractivity contribution is -0.0168. The van der Waals surface area contributed by atoms with E-state index < -0.39 is 6.10 Å². The number of ether oxygens (including phenoxy) is 2. The second kappa shape index (κ2) is 8.71. The summed E-state index contributed by atoms with van der Waals surface area (Å²) in [6, 6.07) is 7.88. The Kier molecular flexibility index (Phi) is 6.93. The highest BCUT2D eigenvalue weighted by atomic mass is 35.5. The molecule has 0 amide bonds. The van der Waals surface area contributed by atoms with Crippen LogP contribution in [0, 0.1) is 0 Å². The first-order valence-corrected chi connectivity index (χ1v) is 7.89. The molecule has 1 heterocycles. The summed E-state index contributed by atoms with van der Waals surface area (Å²) in [5.41, 5.74) is 1.15. The highest BCUT2D eigenvalue weighted by molar-refractivity contribution is 6.30. The van der Waals surface area contributed by atoms with E-state index in [0.29, 0.717) is 19.8 Å². The molecule has 2 N–H and O–H groups in total. The van der Waals surface area contributed by atoms with Gasteiger partial charge in [0.05, 0.1) is 25.4 Å². The summed E-state index contributed by atoms with van der Waals surface area (Å²) in [5.74, 6) is 0. The Morgan fingerprint density at radius 1 is 1.43 bits per heavy atom. The van der Waals surface area contributed by atoms with Crippen molar-refractivity contribution in [2.24, 2.45) is 0 Å². The van der Waals surface area contributed by atoms with E-state index in [9.17, 15) is 5.11 Å². The lowest BCUT2D eigenvalue weighted by atomic mass is 10.1. The molecular weight excluding hydrogens is 290 g/mol. The van der Waals surface area contributed by atoms with Crippen molar-refractivity contribution in [3.8, 4) is 0 Å². The number of hydrogen-bond acceptors (Lipinski definition) is 4. The van der Waals surface area contributed by atoms with E-state index >= 15 is 0 Å². The van der Waals surface area contributed by atoms with Gasteiger partial charge in [0.1, 0.15) is 0 Å². The molecule has 0 spiro atoms. The van der Waals surface area contributed by atoms with E-state index in [2.05, 4.69) is 12.2 Å². The number of aliphatic hydroxyl groups is 1. The zero-order valence-electron chi connectivity index (χ0n) is 12.4. The fraction of sp³-hybridized carbons (Fsp3) is 0.625. The Morgan fingerprint density at radius 2 is 2.19 bits per heavy atom. The first-order chi connectivity index (χ1) is 10.1. The second-order valence-electron chi connectivity index (χ2n) is 5.51. The smallest absolute Gasteiger partial charge is 0.0897 e. The van der Waals surface area contributed by atoms with Crippen LogP contribution >= 0.6 is 11.6 Å². The van der Waals surface area contributed by atoms with Gasteiger partial charge in [0, 0.05) is 24.2 Å². The molecule has 118 valence electrons. The van der Waals surface area contributed by atoms with Crippen molar-refractivity contribution in [2.75, 3.05) is 26.4 Å². The molecule has 1 aliphatic rings. The minimum atomic E-state index is -0.513. The number of halogens is 1. The molecule has 0 saturated carbocycles. The summed E-state index contributed by atoms with van der Waals surface area (Å²) in [6.07, 6.45) is 1.86. The van der Waals surface area contributed by atoms with Crippen molar-refractivity contribution in [1.82, 2.24) is 5.32 Å². The van der Waals surface area contributed by atoms with Gasteiger partial charge in [-0.3, -0.25) is 0 Å². The SMILES string of the molecule is C[C@H](NCC(O)COCC1CCCO1)c1ccc(Cl)cc1. The summed E-state index contributed by atoms with van der Waals surface area (Å²) in [7, 11) is 0. The van der Waals surface area contributed by atoms with E-state index in [1.54, 1.807) is 0 Å². The topological polar surface area (TPSA) is 50.7 Å². The van der Waals surface area contributed by atoms with E-state index in [1.165, 1.54) is 0 Å². The Labute approximate surface area is 131 Å². The zero-order valence-corrected chi connectivity index (χ0v) is 13.2. The average Bonchev–Trinajstić information content (AvgIpc) is 2.99. The Morgan fingerprint density at radius 3 is 2.86 bits per heavy atom. The van der Waals surface area contributed by atoms with Crippen LogP contribution in [0.15, 0.2) is 24.3 Å². The maximum Gasteiger partial charge on any atom is 0.0897 e. The first-order valence-electron chi connectivity index (χ1n) is 7.51. The largest absolute Gasteiger partial charge is 0.389 e. The molecule has 21 heavy (non-hydrogen) atoms. The zero-order chi connectivity index (χ0) is 15.1. The summed E-state index contributed by atoms with van der Waals surface area (Å²) in [4.78, 5) is 0. The lowest BCUT2D eigenvalue weighted by Crippen LogP contribution is -2.33. The summed E-state index contributed by atoms with van der Waals surface area (Å²) in [6.45, 7) is 4.29. The molecule has 0 aliphatic carbocycles. The molecule has 0 bridgehead atoms. The molecule has 4 nitrogen and oxygen atoms in total. The van der Waals surface area contributed by atoms with Gasteiger partial charge in [0.2, 0.25) is 0 Å². The monoisotopic (exact) mass is 313 g/mol. The Balaban J connectivity index is 1.61. The van der Waals surface area contributed by atoms with Gasteiger partial charge < -0.3 is 19.9 Å². The van der Waals surface area contributed by atoms with Crippen molar-refractivity contribution in [3.05, 3.63) is 34.9 Å². The molecule has 1 aromatic carbocycles. The van der Waals surface area contributed by atoms with E-state index in [-0.39, 0.29) is 12.1 Å². The summed E-state index contributed by atoms with van der Waals surface area (Å²) in [5, 5.41) is 13.9. The van der Waals surface area contributed by atoms with Gasteiger partial charge in [-0.15, -0.1) is 0 Å². The first kappa shape index (κ1) is 16.7. The van der Waals surface area contributed by atoms with Gasteiger partial charge in [-0.1, -0.05) is 23.7 Å². The maximum absolute atomic E-state index is 9.91. The minimum Gasteiger partial charge on any atom is -0.389 e. The number of rotatable bonds is 8. The third-order valence-electron chi connectivity index (χ3n) is 3.67. The van der Waals surface area contributed by atoms with Crippen LogP contribution in [0.25, 0.3) is 0 Å². The van der Waals surface area contributed by atoms with Gasteiger partial charge >= 0.3 is 0 Å². The standard InChI is InChI=1S/C16H24ClNO3/c1-12(13-4-6-14(17)7-5-13)18-9-15(19)10-20-11-16-3-2-8-21-16/h4-7,12,15-16,18-19H,2-3,8-11H2,1H3/t12-,15?,16?/m0/s1. The third kappa shape index (κ3) is 5.93. The van der Waals surface area contributed by atoms with Crippen molar-refractivity contribution in [1.29, 1.82) is 0 Å². The van der Waals surface area contributed by atoms with E-state index in [0.717, 1.165) is 30.0 Å². The average molecular weight is 314 g/mol. The highest BCUT2D eigenvalue weighted by Gasteiger charge is 2.16. The molecule has 0 radical (unpaired) electrons. The van der Waals surface area contributed by atoms with Crippen molar-refractivity contribution in [3.63, 3.8) is 0 Å². The molecule has 0 aromatic heterocycles. The maximum atomic E-state index is 9.91. The molecule has 3 atom stereocenters. The molecule has 2 rings (SSSR count). The fourth-order valence-electron chi connectivity index (χ4n) is 2.35. The minimum absolute atomic E-state index is 0.162. The number of nitrogens with one attached hydrogen (secondary N) is 1. The van der Waals surface area contributed by atoms with Crippen LogP contribution in [-0.2, 0) is 9.47 Å². The molecule has 2 unspecified atom stereocenters. The normalized spacial score (nSPS) is 21.4. The Bertz CT molecular complexity index is 406. The van der Waals surface area contributed by atoms with Crippen LogP contribution in [0.2, 0.25) is 5.02 Å². The summed E-state index contributed by atoms with van der Waals surface area (Å²) >= 11 is 5.87. The van der Waals surface area contributed by atoms with Gasteiger partial charge in [0.15, 0.2) is 0 Å². The molecule has 1 aromatic rings. The van der Waals surface area contributed by atoms with Crippen LogP contribution in [-0.4, -0.2) is 43.7 Å². The molecule has 1 aliphatic heterocycles. The quantitative estimate of drug-likeness (QED) is 0.774. The fourth-order valence-corrected chi connectivity index (χ4v) is 2.48. The number of benzene rings is 1. The van der Waals surface area contributed by atoms with Gasteiger partial charge in [-0.05, 0) is 37.5 Å². The van der Waals surface area contributed by atoms with Gasteiger partial charge in [0.25, 0.3) is 0 Å². The third-order valence-corrected chi connectivity index (χ3v) is 3.92. The van der Waals surface area contributed by atoms with Crippen LogP contribution < -0.4 is 5.32 Å². The molecule has 1 saturated heterocycles. The van der Waals surface area contributed by atoms with Crippen LogP contribution in [0.1, 0.15) is 31.4 Å². The van der Waals surface area contributed by atoms with Crippen LogP contribution in [0.5, 0.6) is 0 Å². The van der Waals surface area contributed by atoms with Crippen molar-refractivity contribution in [2.45, 2.75) is 38.0 Å². The lowest BCUT2D eigenvalue weighted by Gasteiger charge is -2.18. The Hall–Kier alpha value is -0.650. The highest BCUT2D eigenvalue weighted by Crippen LogP contribution is 2.16. The predicted octanol–water partition coefficient (Wildman–Crippen LogP) is 2.55. The van der Waals surface area contributed by atoms with E-state index in [1.807, 2.05) is 24.3 Å². The van der Waals surface area contributed by atoms with Crippen LogP contribution in [0.4, 0.5) is 0 Å². The molecule has 5 heteroatoms. The number of aliphatic hydroxyl groups excluding tert-OH is 1. The van der Waals surface area contributed by atoms with Crippen molar-refractivity contribution < 1.29 is 14.6 Å². The van der Waals surface area contributed by atoms with Gasteiger partial charge in [-0.25, -0.2) is 0 Å². The summed E-state index contributed by atoms with van der Waals surface area (Å²) < 4.78 is 11.0. The predicted molar refractivity (Wildman–Crippen MR) is 83.7 cm³/mol.